The second-order valence-electron chi connectivity index (χ2n) is 3.60. The van der Waals surface area contributed by atoms with E-state index in [1.54, 1.807) is 0 Å². The number of hydrogen-bond donors (Lipinski definition) is 0. The van der Waals surface area contributed by atoms with E-state index >= 15 is 0 Å². The second-order valence-corrected chi connectivity index (χ2v) is 5.11. The van der Waals surface area contributed by atoms with Crippen LogP contribution < -0.4 is 0 Å². The molecule has 1 aromatic carbocycles. The summed E-state index contributed by atoms with van der Waals surface area (Å²) in [7, 11) is 0. The van der Waals surface area contributed by atoms with Crippen molar-refractivity contribution >= 4 is 31.9 Å². The fourth-order valence-electron chi connectivity index (χ4n) is 1.62. The molecule has 0 spiro atoms. The molecule has 14 heavy (non-hydrogen) atoms. The largest absolute Gasteiger partial charge is 0.0925 e. The van der Waals surface area contributed by atoms with Gasteiger partial charge in [0.2, 0.25) is 0 Å². The predicted molar refractivity (Wildman–Crippen MR) is 70.0 cm³/mol. The number of halogens is 2. The summed E-state index contributed by atoms with van der Waals surface area (Å²) in [5, 5.41) is 1.10. The van der Waals surface area contributed by atoms with Crippen LogP contribution in [-0.2, 0) is 6.42 Å². The van der Waals surface area contributed by atoms with Gasteiger partial charge in [0.15, 0.2) is 0 Å². The van der Waals surface area contributed by atoms with E-state index in [-0.39, 0.29) is 0 Å². The normalized spacial score (nSPS) is 12.8. The molecule has 0 aliphatic carbocycles. The van der Waals surface area contributed by atoms with Crippen molar-refractivity contribution in [2.24, 2.45) is 5.92 Å². The molecular formula is C12H16Br2. The molecule has 78 valence electrons. The molecule has 0 saturated heterocycles. The summed E-state index contributed by atoms with van der Waals surface area (Å²) in [5.41, 5.74) is 1.42. The Morgan fingerprint density at radius 2 is 2.00 bits per heavy atom. The summed E-state index contributed by atoms with van der Waals surface area (Å²) in [6, 6.07) is 8.50. The lowest BCUT2D eigenvalue weighted by molar-refractivity contribution is 0.533. The van der Waals surface area contributed by atoms with Crippen LogP contribution in [0.25, 0.3) is 0 Å². The molecule has 0 aliphatic rings. The van der Waals surface area contributed by atoms with Crippen LogP contribution in [0, 0.1) is 5.92 Å². The second kappa shape index (κ2) is 6.62. The smallest absolute Gasteiger partial charge is 0.0207 e. The minimum Gasteiger partial charge on any atom is -0.0925 e. The Morgan fingerprint density at radius 1 is 1.29 bits per heavy atom. The topological polar surface area (TPSA) is 0 Å². The predicted octanol–water partition coefficient (Wildman–Crippen LogP) is 4.80. The number of alkyl halides is 1. The van der Waals surface area contributed by atoms with E-state index in [1.165, 1.54) is 29.3 Å². The highest BCUT2D eigenvalue weighted by Gasteiger charge is 2.08. The van der Waals surface area contributed by atoms with E-state index in [1.807, 2.05) is 0 Å². The SMILES string of the molecule is CCCC(CBr)Cc1ccccc1Br. The number of hydrogen-bond acceptors (Lipinski definition) is 0. The highest BCUT2D eigenvalue weighted by molar-refractivity contribution is 9.10. The zero-order valence-electron chi connectivity index (χ0n) is 8.47. The van der Waals surface area contributed by atoms with E-state index in [0.717, 1.165) is 11.2 Å². The molecule has 0 radical (unpaired) electrons. The van der Waals surface area contributed by atoms with Gasteiger partial charge < -0.3 is 0 Å². The van der Waals surface area contributed by atoms with Gasteiger partial charge in [-0.05, 0) is 30.4 Å². The van der Waals surface area contributed by atoms with E-state index in [9.17, 15) is 0 Å². The molecule has 2 heteroatoms. The van der Waals surface area contributed by atoms with Crippen LogP contribution in [0.15, 0.2) is 28.7 Å². The average molecular weight is 320 g/mol. The minimum atomic E-state index is 0.763. The lowest BCUT2D eigenvalue weighted by atomic mass is 9.97. The van der Waals surface area contributed by atoms with E-state index in [2.05, 4.69) is 63.0 Å². The standard InChI is InChI=1S/C12H16Br2/c1-2-5-10(9-13)8-11-6-3-4-7-12(11)14/h3-4,6-7,10H,2,5,8-9H2,1H3. The zero-order chi connectivity index (χ0) is 10.4. The van der Waals surface area contributed by atoms with Crippen molar-refractivity contribution in [1.29, 1.82) is 0 Å². The highest BCUT2D eigenvalue weighted by atomic mass is 79.9. The first-order chi connectivity index (χ1) is 6.77. The van der Waals surface area contributed by atoms with Gasteiger partial charge in [-0.1, -0.05) is 63.4 Å². The first kappa shape index (κ1) is 12.3. The monoisotopic (exact) mass is 318 g/mol. The van der Waals surface area contributed by atoms with Crippen molar-refractivity contribution in [3.63, 3.8) is 0 Å². The Morgan fingerprint density at radius 3 is 2.57 bits per heavy atom. The molecule has 1 rings (SSSR count). The third-order valence-electron chi connectivity index (χ3n) is 2.38. The van der Waals surface area contributed by atoms with Gasteiger partial charge in [-0.2, -0.15) is 0 Å². The van der Waals surface area contributed by atoms with E-state index in [4.69, 9.17) is 0 Å². The Kier molecular flexibility index (Phi) is 5.80. The summed E-state index contributed by atoms with van der Waals surface area (Å²) in [4.78, 5) is 0. The molecule has 0 fully saturated rings. The van der Waals surface area contributed by atoms with Crippen LogP contribution in [0.1, 0.15) is 25.3 Å². The quantitative estimate of drug-likeness (QED) is 0.684. The fourth-order valence-corrected chi connectivity index (χ4v) is 2.62. The number of rotatable bonds is 5. The zero-order valence-corrected chi connectivity index (χ0v) is 11.6. The van der Waals surface area contributed by atoms with Gasteiger partial charge >= 0.3 is 0 Å². The average Bonchev–Trinajstić information content (AvgIpc) is 2.20. The maximum atomic E-state index is 3.59. The molecule has 0 aromatic heterocycles. The highest BCUT2D eigenvalue weighted by Crippen LogP contribution is 2.22. The van der Waals surface area contributed by atoms with Gasteiger partial charge in [-0.25, -0.2) is 0 Å². The van der Waals surface area contributed by atoms with Crippen molar-refractivity contribution in [3.05, 3.63) is 34.3 Å². The van der Waals surface area contributed by atoms with E-state index in [0.29, 0.717) is 0 Å². The van der Waals surface area contributed by atoms with Gasteiger partial charge in [0.05, 0.1) is 0 Å². The fraction of sp³-hybridized carbons (Fsp3) is 0.500. The maximum Gasteiger partial charge on any atom is 0.0207 e. The maximum absolute atomic E-state index is 3.59. The molecule has 1 atom stereocenters. The van der Waals surface area contributed by atoms with Crippen molar-refractivity contribution in [2.45, 2.75) is 26.2 Å². The molecule has 0 nitrogen and oxygen atoms in total. The van der Waals surface area contributed by atoms with Crippen LogP contribution in [0.3, 0.4) is 0 Å². The van der Waals surface area contributed by atoms with E-state index < -0.39 is 0 Å². The lowest BCUT2D eigenvalue weighted by Crippen LogP contribution is -2.06. The van der Waals surface area contributed by atoms with Crippen molar-refractivity contribution in [2.75, 3.05) is 5.33 Å². The van der Waals surface area contributed by atoms with Crippen LogP contribution in [0.2, 0.25) is 0 Å². The summed E-state index contributed by atoms with van der Waals surface area (Å²) in [5.74, 6) is 0.763. The molecule has 0 N–H and O–H groups in total. The van der Waals surface area contributed by atoms with Crippen LogP contribution in [0.4, 0.5) is 0 Å². The summed E-state index contributed by atoms with van der Waals surface area (Å²) < 4.78 is 1.24. The van der Waals surface area contributed by atoms with Crippen LogP contribution >= 0.6 is 31.9 Å². The summed E-state index contributed by atoms with van der Waals surface area (Å²) >= 11 is 7.17. The Hall–Kier alpha value is 0.180. The Labute approximate surface area is 103 Å². The van der Waals surface area contributed by atoms with Gasteiger partial charge in [-0.15, -0.1) is 0 Å². The minimum absolute atomic E-state index is 0.763. The van der Waals surface area contributed by atoms with Gasteiger partial charge in [0.1, 0.15) is 0 Å². The number of benzene rings is 1. The van der Waals surface area contributed by atoms with Gasteiger partial charge in [0, 0.05) is 9.80 Å². The van der Waals surface area contributed by atoms with Crippen LogP contribution in [0.5, 0.6) is 0 Å². The van der Waals surface area contributed by atoms with Crippen LogP contribution in [-0.4, -0.2) is 5.33 Å². The molecule has 0 heterocycles. The van der Waals surface area contributed by atoms with Crippen molar-refractivity contribution < 1.29 is 0 Å². The summed E-state index contributed by atoms with van der Waals surface area (Å²) in [6.07, 6.45) is 3.73. The lowest BCUT2D eigenvalue weighted by Gasteiger charge is -2.13. The molecule has 1 aromatic rings. The van der Waals surface area contributed by atoms with Gasteiger partial charge in [0.25, 0.3) is 0 Å². The molecule has 0 bridgehead atoms. The first-order valence-electron chi connectivity index (χ1n) is 5.07. The van der Waals surface area contributed by atoms with Crippen molar-refractivity contribution in [3.8, 4) is 0 Å². The molecule has 1 unspecified atom stereocenters. The molecule has 0 aliphatic heterocycles. The third kappa shape index (κ3) is 3.74. The molecular weight excluding hydrogens is 304 g/mol. The Balaban J connectivity index is 2.62. The van der Waals surface area contributed by atoms with Gasteiger partial charge in [-0.3, -0.25) is 0 Å². The third-order valence-corrected chi connectivity index (χ3v) is 4.07. The van der Waals surface area contributed by atoms with Crippen molar-refractivity contribution in [1.82, 2.24) is 0 Å². The first-order valence-corrected chi connectivity index (χ1v) is 6.98. The Bertz CT molecular complexity index is 271. The summed E-state index contributed by atoms with van der Waals surface area (Å²) in [6.45, 7) is 2.25. The molecule has 0 amide bonds. The molecule has 0 saturated carbocycles.